The van der Waals surface area contributed by atoms with E-state index < -0.39 is 12.1 Å². The maximum Gasteiger partial charge on any atom is 0.319 e. The van der Waals surface area contributed by atoms with Gasteiger partial charge in [0.1, 0.15) is 6.04 Å². The third-order valence-electron chi connectivity index (χ3n) is 5.07. The predicted molar refractivity (Wildman–Crippen MR) is 115 cm³/mol. The Labute approximate surface area is 170 Å². The summed E-state index contributed by atoms with van der Waals surface area (Å²) in [5, 5.41) is 5.68. The van der Waals surface area contributed by atoms with Gasteiger partial charge in [-0.3, -0.25) is 4.79 Å². The highest BCUT2D eigenvalue weighted by atomic mass is 16.2. The lowest BCUT2D eigenvalue weighted by atomic mass is 10.0. The summed E-state index contributed by atoms with van der Waals surface area (Å²) < 4.78 is 0. The van der Waals surface area contributed by atoms with E-state index in [4.69, 9.17) is 0 Å². The van der Waals surface area contributed by atoms with Gasteiger partial charge in [0.15, 0.2) is 0 Å². The molecule has 0 bridgehead atoms. The van der Waals surface area contributed by atoms with Crippen LogP contribution < -0.4 is 15.5 Å². The van der Waals surface area contributed by atoms with Crippen LogP contribution in [0.1, 0.15) is 11.1 Å². The first-order chi connectivity index (χ1) is 14.2. The van der Waals surface area contributed by atoms with Crippen molar-refractivity contribution < 1.29 is 9.59 Å². The fourth-order valence-electron chi connectivity index (χ4n) is 3.65. The van der Waals surface area contributed by atoms with Gasteiger partial charge in [-0.15, -0.1) is 0 Å². The molecule has 3 amide bonds. The second-order valence-corrected chi connectivity index (χ2v) is 7.08. The van der Waals surface area contributed by atoms with Crippen molar-refractivity contribution in [3.05, 3.63) is 96.1 Å². The number of hydrogen-bond donors (Lipinski definition) is 2. The zero-order valence-corrected chi connectivity index (χ0v) is 16.0. The molecule has 29 heavy (non-hydrogen) atoms. The van der Waals surface area contributed by atoms with Crippen LogP contribution >= 0.6 is 0 Å². The SMILES string of the molecule is O=C(Nc1ccccc1)NC(Cc1ccccc1)C(=O)N1CCc2ccccc21. The summed E-state index contributed by atoms with van der Waals surface area (Å²) in [6.07, 6.45) is 1.26. The van der Waals surface area contributed by atoms with Gasteiger partial charge in [0.25, 0.3) is 0 Å². The number of anilines is 2. The second-order valence-electron chi connectivity index (χ2n) is 7.08. The molecule has 1 unspecified atom stereocenters. The van der Waals surface area contributed by atoms with Crippen LogP contribution in [0, 0.1) is 0 Å². The Hall–Kier alpha value is -3.60. The van der Waals surface area contributed by atoms with Gasteiger partial charge in [0.05, 0.1) is 0 Å². The van der Waals surface area contributed by atoms with Gasteiger partial charge in [-0.1, -0.05) is 66.7 Å². The van der Waals surface area contributed by atoms with Crippen molar-refractivity contribution in [2.75, 3.05) is 16.8 Å². The van der Waals surface area contributed by atoms with Crippen LogP contribution in [0.3, 0.4) is 0 Å². The number of urea groups is 1. The number of amides is 3. The zero-order chi connectivity index (χ0) is 20.1. The van der Waals surface area contributed by atoms with Gasteiger partial charge in [0.2, 0.25) is 5.91 Å². The highest BCUT2D eigenvalue weighted by molar-refractivity contribution is 6.02. The minimum atomic E-state index is -0.660. The molecule has 0 fully saturated rings. The van der Waals surface area contributed by atoms with Gasteiger partial charge >= 0.3 is 6.03 Å². The maximum atomic E-state index is 13.4. The summed E-state index contributed by atoms with van der Waals surface area (Å²) in [4.78, 5) is 27.8. The Balaban J connectivity index is 1.53. The molecule has 1 heterocycles. The molecule has 0 saturated heterocycles. The summed E-state index contributed by atoms with van der Waals surface area (Å²) in [6, 6.07) is 25.8. The van der Waals surface area contributed by atoms with E-state index in [0.29, 0.717) is 18.7 Å². The molecule has 3 aromatic carbocycles. The molecule has 5 nitrogen and oxygen atoms in total. The lowest BCUT2D eigenvalue weighted by Crippen LogP contribution is -2.50. The number of carbonyl (C=O) groups is 2. The molecule has 3 aromatic rings. The molecule has 1 aliphatic rings. The smallest absolute Gasteiger partial charge is 0.319 e. The summed E-state index contributed by atoms with van der Waals surface area (Å²) >= 11 is 0. The fraction of sp³-hybridized carbons (Fsp3) is 0.167. The van der Waals surface area contributed by atoms with Crippen LogP contribution in [-0.2, 0) is 17.6 Å². The molecule has 1 atom stereocenters. The van der Waals surface area contributed by atoms with Crippen LogP contribution in [-0.4, -0.2) is 24.5 Å². The number of carbonyl (C=O) groups excluding carboxylic acids is 2. The number of para-hydroxylation sites is 2. The van der Waals surface area contributed by atoms with E-state index in [1.165, 1.54) is 0 Å². The average Bonchev–Trinajstić information content (AvgIpc) is 3.18. The number of rotatable bonds is 5. The molecule has 0 spiro atoms. The molecule has 0 saturated carbocycles. The first-order valence-electron chi connectivity index (χ1n) is 9.76. The summed E-state index contributed by atoms with van der Waals surface area (Å²) in [5.74, 6) is -0.0954. The van der Waals surface area contributed by atoms with E-state index in [2.05, 4.69) is 10.6 Å². The first kappa shape index (κ1) is 18.7. The molecular formula is C24H23N3O2. The molecule has 1 aliphatic heterocycles. The van der Waals surface area contributed by atoms with E-state index in [1.54, 1.807) is 4.90 Å². The lowest BCUT2D eigenvalue weighted by molar-refractivity contribution is -0.120. The third kappa shape index (κ3) is 4.46. The van der Waals surface area contributed by atoms with Crippen LogP contribution in [0.2, 0.25) is 0 Å². The normalized spacial score (nSPS) is 13.4. The Morgan fingerprint density at radius 1 is 0.862 bits per heavy atom. The van der Waals surface area contributed by atoms with Crippen molar-refractivity contribution in [3.63, 3.8) is 0 Å². The summed E-state index contributed by atoms with van der Waals surface area (Å²) in [7, 11) is 0. The Morgan fingerprint density at radius 2 is 1.52 bits per heavy atom. The summed E-state index contributed by atoms with van der Waals surface area (Å²) in [6.45, 7) is 0.630. The molecule has 0 aliphatic carbocycles. The van der Waals surface area contributed by atoms with Crippen molar-refractivity contribution in [1.82, 2.24) is 5.32 Å². The number of hydrogen-bond acceptors (Lipinski definition) is 2. The van der Waals surface area contributed by atoms with E-state index >= 15 is 0 Å². The average molecular weight is 385 g/mol. The van der Waals surface area contributed by atoms with Gasteiger partial charge < -0.3 is 15.5 Å². The second kappa shape index (κ2) is 8.61. The van der Waals surface area contributed by atoms with E-state index in [-0.39, 0.29) is 5.91 Å². The van der Waals surface area contributed by atoms with Crippen LogP contribution in [0.5, 0.6) is 0 Å². The quantitative estimate of drug-likeness (QED) is 0.697. The van der Waals surface area contributed by atoms with Crippen LogP contribution in [0.25, 0.3) is 0 Å². The number of nitrogens with zero attached hydrogens (tertiary/aromatic N) is 1. The van der Waals surface area contributed by atoms with E-state index in [0.717, 1.165) is 23.2 Å². The lowest BCUT2D eigenvalue weighted by Gasteiger charge is -2.25. The number of benzene rings is 3. The number of fused-ring (bicyclic) bond motifs is 1. The standard InChI is InChI=1S/C24H23N3O2/c28-23(27-16-15-19-11-7-8-14-22(19)27)21(17-18-9-3-1-4-10-18)26-24(29)25-20-12-5-2-6-13-20/h1-14,21H,15-17H2,(H2,25,26,29). The van der Waals surface area contributed by atoms with E-state index in [9.17, 15) is 9.59 Å². The topological polar surface area (TPSA) is 61.4 Å². The van der Waals surface area contributed by atoms with Crippen molar-refractivity contribution in [2.45, 2.75) is 18.9 Å². The molecule has 0 radical (unpaired) electrons. The zero-order valence-electron chi connectivity index (χ0n) is 16.0. The van der Waals surface area contributed by atoms with Gasteiger partial charge in [-0.2, -0.15) is 0 Å². The molecule has 0 aromatic heterocycles. The highest BCUT2D eigenvalue weighted by Gasteiger charge is 2.31. The largest absolute Gasteiger partial charge is 0.326 e. The van der Waals surface area contributed by atoms with E-state index in [1.807, 2.05) is 84.9 Å². The van der Waals surface area contributed by atoms with Crippen molar-refractivity contribution >= 4 is 23.3 Å². The van der Waals surface area contributed by atoms with Gasteiger partial charge in [0, 0.05) is 24.3 Å². The number of nitrogens with one attached hydrogen (secondary N) is 2. The van der Waals surface area contributed by atoms with Crippen LogP contribution in [0.4, 0.5) is 16.2 Å². The highest BCUT2D eigenvalue weighted by Crippen LogP contribution is 2.28. The first-order valence-corrected chi connectivity index (χ1v) is 9.76. The molecule has 2 N–H and O–H groups in total. The van der Waals surface area contributed by atoms with Crippen molar-refractivity contribution in [1.29, 1.82) is 0 Å². The minimum Gasteiger partial charge on any atom is -0.326 e. The Bertz CT molecular complexity index is 989. The fourth-order valence-corrected chi connectivity index (χ4v) is 3.65. The summed E-state index contributed by atoms with van der Waals surface area (Å²) in [5.41, 5.74) is 3.77. The van der Waals surface area contributed by atoms with Crippen molar-refractivity contribution in [3.8, 4) is 0 Å². The third-order valence-corrected chi connectivity index (χ3v) is 5.07. The predicted octanol–water partition coefficient (Wildman–Crippen LogP) is 4.01. The van der Waals surface area contributed by atoms with Crippen LogP contribution in [0.15, 0.2) is 84.9 Å². The Morgan fingerprint density at radius 3 is 2.28 bits per heavy atom. The molecular weight excluding hydrogens is 362 g/mol. The Kier molecular flexibility index (Phi) is 5.56. The monoisotopic (exact) mass is 385 g/mol. The molecule has 146 valence electrons. The van der Waals surface area contributed by atoms with Gasteiger partial charge in [-0.25, -0.2) is 4.79 Å². The maximum absolute atomic E-state index is 13.4. The van der Waals surface area contributed by atoms with Crippen molar-refractivity contribution in [2.24, 2.45) is 0 Å². The molecule has 4 rings (SSSR count). The van der Waals surface area contributed by atoms with Gasteiger partial charge in [-0.05, 0) is 35.7 Å². The minimum absolute atomic E-state index is 0.0954. The molecule has 5 heteroatoms.